The number of carbonyl (C=O) groups is 3. The number of aromatic nitrogens is 8. The molecule has 0 aliphatic heterocycles. The second-order valence-electron chi connectivity index (χ2n) is 21.7. The molecule has 1 N–H and O–H groups in total. The smallest absolute Gasteiger partial charge is 0.312 e. The minimum atomic E-state index is -0.826. The summed E-state index contributed by atoms with van der Waals surface area (Å²) in [6.07, 6.45) is 16.4. The number of fused-ring (bicyclic) bond motifs is 5. The van der Waals surface area contributed by atoms with Crippen LogP contribution in [-0.2, 0) is 23.9 Å². The highest BCUT2D eigenvalue weighted by Crippen LogP contribution is 2.62. The predicted molar refractivity (Wildman–Crippen MR) is 293 cm³/mol. The van der Waals surface area contributed by atoms with E-state index in [1.165, 1.54) is 11.1 Å². The van der Waals surface area contributed by atoms with Gasteiger partial charge in [-0.3, -0.25) is 54.3 Å². The van der Waals surface area contributed by atoms with Crippen LogP contribution in [0.15, 0.2) is 159 Å². The number of pyridine rings is 8. The van der Waals surface area contributed by atoms with Crippen molar-refractivity contribution in [2.45, 2.75) is 89.4 Å². The maximum Gasteiger partial charge on any atom is 0.312 e. The fourth-order valence-electron chi connectivity index (χ4n) is 13.7. The van der Waals surface area contributed by atoms with Gasteiger partial charge in [-0.2, -0.15) is 0 Å². The van der Waals surface area contributed by atoms with Crippen LogP contribution in [0.2, 0.25) is 0 Å². The molecule has 8 heterocycles. The first kappa shape index (κ1) is 50.2. The molecule has 9 aromatic rings. The number of benzene rings is 1. The maximum atomic E-state index is 12.7. The summed E-state index contributed by atoms with van der Waals surface area (Å²) in [5.41, 5.74) is 13.0. The van der Waals surface area contributed by atoms with E-state index in [1.807, 2.05) is 102 Å². The van der Waals surface area contributed by atoms with Crippen LogP contribution >= 0.6 is 0 Å². The van der Waals surface area contributed by atoms with Crippen molar-refractivity contribution in [3.63, 3.8) is 0 Å². The molecule has 390 valence electrons. The molecule has 18 rings (SSSR count). The van der Waals surface area contributed by atoms with E-state index >= 15 is 0 Å². The highest BCUT2D eigenvalue weighted by molar-refractivity contribution is 5.94. The van der Waals surface area contributed by atoms with Crippen LogP contribution in [0.5, 0.6) is 0 Å². The predicted octanol–water partition coefficient (Wildman–Crippen LogP) is 11.4. The quantitative estimate of drug-likeness (QED) is 0.126. The molecule has 3 atom stereocenters. The molecule has 8 aromatic heterocycles. The molecule has 0 fully saturated rings. The lowest BCUT2D eigenvalue weighted by Crippen LogP contribution is -2.46. The maximum absolute atomic E-state index is 12.7. The Kier molecular flexibility index (Phi) is 12.7. The molecule has 14 nitrogen and oxygen atoms in total. The van der Waals surface area contributed by atoms with Crippen molar-refractivity contribution in [2.75, 3.05) is 13.2 Å². The van der Waals surface area contributed by atoms with E-state index in [0.717, 1.165) is 84.6 Å². The second kappa shape index (κ2) is 19.7. The van der Waals surface area contributed by atoms with E-state index in [4.69, 9.17) is 9.47 Å². The van der Waals surface area contributed by atoms with Gasteiger partial charge in [0.25, 0.3) is 0 Å². The number of carbonyl (C=O) groups excluding carboxylic acids is 2. The number of esters is 2. The molecular weight excluding hydrogens is 977 g/mol. The van der Waals surface area contributed by atoms with Crippen LogP contribution in [0.1, 0.15) is 157 Å². The minimum absolute atomic E-state index is 0.0241. The van der Waals surface area contributed by atoms with Crippen LogP contribution in [0.4, 0.5) is 0 Å². The largest absolute Gasteiger partial charge is 0.481 e. The topological polar surface area (TPSA) is 193 Å². The molecule has 0 spiro atoms. The molecule has 9 aliphatic carbocycles. The molecule has 0 radical (unpaired) electrons. The third kappa shape index (κ3) is 8.01. The monoisotopic (exact) mass is 1030 g/mol. The van der Waals surface area contributed by atoms with Gasteiger partial charge in [0, 0.05) is 84.0 Å². The van der Waals surface area contributed by atoms with Gasteiger partial charge in [-0.25, -0.2) is 0 Å². The lowest BCUT2D eigenvalue weighted by atomic mass is 9.55. The van der Waals surface area contributed by atoms with E-state index in [1.54, 1.807) is 37.2 Å². The molecule has 0 amide bonds. The van der Waals surface area contributed by atoms with E-state index in [0.29, 0.717) is 26.1 Å². The van der Waals surface area contributed by atoms with Crippen LogP contribution in [0.3, 0.4) is 0 Å². The van der Waals surface area contributed by atoms with Gasteiger partial charge in [0.1, 0.15) is 0 Å². The summed E-state index contributed by atoms with van der Waals surface area (Å²) >= 11 is 0. The van der Waals surface area contributed by atoms with Crippen molar-refractivity contribution in [1.82, 2.24) is 39.9 Å². The first-order valence-corrected chi connectivity index (χ1v) is 26.8. The third-order valence-electron chi connectivity index (χ3n) is 17.2. The van der Waals surface area contributed by atoms with Crippen LogP contribution in [-0.4, -0.2) is 76.1 Å². The van der Waals surface area contributed by atoms with Gasteiger partial charge in [0.2, 0.25) is 0 Å². The summed E-state index contributed by atoms with van der Waals surface area (Å²) in [5, 5.41) is 12.0. The van der Waals surface area contributed by atoms with Gasteiger partial charge in [-0.1, -0.05) is 48.5 Å². The number of carboxylic acids is 1. The third-order valence-corrected chi connectivity index (χ3v) is 17.2. The van der Waals surface area contributed by atoms with E-state index in [-0.39, 0.29) is 47.4 Å². The first-order chi connectivity index (χ1) is 37.9. The Morgan fingerprint density at radius 3 is 1.14 bits per heavy atom. The van der Waals surface area contributed by atoms with Gasteiger partial charge in [-0.05, 0) is 148 Å². The Morgan fingerprint density at radius 2 is 0.744 bits per heavy atom. The van der Waals surface area contributed by atoms with Gasteiger partial charge in [-0.15, -0.1) is 0 Å². The number of hydrogen-bond donors (Lipinski definition) is 1. The highest BCUT2D eigenvalue weighted by atomic mass is 16.5. The number of hydrogen-bond acceptors (Lipinski definition) is 13. The molecule has 0 saturated heterocycles. The van der Waals surface area contributed by atoms with Crippen molar-refractivity contribution in [3.05, 3.63) is 226 Å². The SMILES string of the molecule is CC1(C(=O)O)CC2c3cccnc3C1c1ncccc12.CCOC(=O)C1(C)CC2c3cccnc3C1c1ncccc12.CCOC(=O)C1(C)CC2c3ncccc3C1c1cccnc12.c1cnc2cc3ncccc3cc2c1. The summed E-state index contributed by atoms with van der Waals surface area (Å²) in [5.74, 6) is -1.08. The summed E-state index contributed by atoms with van der Waals surface area (Å²) in [6.45, 7) is 10.4. The van der Waals surface area contributed by atoms with Crippen LogP contribution in [0.25, 0.3) is 21.8 Å². The average Bonchev–Trinajstić information content (AvgIpc) is 3.61. The van der Waals surface area contributed by atoms with Gasteiger partial charge >= 0.3 is 17.9 Å². The summed E-state index contributed by atoms with van der Waals surface area (Å²) < 4.78 is 10.8. The minimum Gasteiger partial charge on any atom is -0.481 e. The second-order valence-corrected chi connectivity index (χ2v) is 21.7. The van der Waals surface area contributed by atoms with Gasteiger partial charge in [0.05, 0.1) is 86.5 Å². The van der Waals surface area contributed by atoms with Crippen molar-refractivity contribution >= 4 is 39.7 Å². The number of aliphatic carboxylic acids is 1. The molecule has 78 heavy (non-hydrogen) atoms. The number of nitrogens with zero attached hydrogens (tertiary/aromatic N) is 8. The molecule has 6 bridgehead atoms. The standard InChI is InChI=1S/2C18H18N2O2.C16H14N2O2.C12H8N2/c1-3-22-17(21)18(2)10-13-15-11(6-4-8-19-15)14(18)12-7-5-9-20-16(12)13;1-3-22-17(21)18(2)10-13-11-6-4-8-19-15(11)14(18)16-12(13)7-5-9-20-16;1-16(15(19)20)8-11-9-4-2-6-17-13(9)12(16)14-10(11)5-3-7-18-14;1-3-9-7-10-4-2-6-14-12(10)8-11(9)13-5-1/h2*4-9,13-14H,3,10H2,1-2H3;2-7,11-12H,8H2,1H3,(H,19,20);1-8H. The van der Waals surface area contributed by atoms with Crippen molar-refractivity contribution in [1.29, 1.82) is 0 Å². The average molecular weight is 1040 g/mol. The fourth-order valence-corrected chi connectivity index (χ4v) is 13.7. The van der Waals surface area contributed by atoms with Crippen molar-refractivity contribution < 1.29 is 29.0 Å². The molecular formula is C64H58N8O6. The summed E-state index contributed by atoms with van der Waals surface area (Å²) in [6, 6.07) is 36.4. The molecule has 1 aromatic carbocycles. The molecule has 14 heteroatoms. The van der Waals surface area contributed by atoms with E-state index in [2.05, 4.69) is 94.5 Å². The highest BCUT2D eigenvalue weighted by Gasteiger charge is 2.59. The Morgan fingerprint density at radius 1 is 0.423 bits per heavy atom. The Labute approximate surface area is 451 Å². The number of ether oxygens (including phenoxy) is 2. The fraction of sp³-hybridized carbons (Fsp3) is 0.297. The zero-order chi connectivity index (χ0) is 53.9. The summed E-state index contributed by atoms with van der Waals surface area (Å²) in [7, 11) is 0. The zero-order valence-corrected chi connectivity index (χ0v) is 44.1. The Bertz CT molecular complexity index is 3460. The summed E-state index contributed by atoms with van der Waals surface area (Å²) in [4.78, 5) is 73.0. The lowest BCUT2D eigenvalue weighted by Gasteiger charge is -2.48. The van der Waals surface area contributed by atoms with Gasteiger partial charge < -0.3 is 14.6 Å². The molecule has 3 unspecified atom stereocenters. The lowest BCUT2D eigenvalue weighted by molar-refractivity contribution is -0.157. The van der Waals surface area contributed by atoms with E-state index < -0.39 is 22.2 Å². The Balaban J connectivity index is 0.000000105. The normalized spacial score (nSPS) is 25.3. The molecule has 0 saturated carbocycles. The first-order valence-electron chi connectivity index (χ1n) is 26.8. The zero-order valence-electron chi connectivity index (χ0n) is 44.1. The van der Waals surface area contributed by atoms with E-state index in [9.17, 15) is 19.5 Å². The Hall–Kier alpha value is -8.65. The number of carboxylic acid groups (broad SMARTS) is 1. The van der Waals surface area contributed by atoms with Crippen LogP contribution in [0, 0.1) is 16.2 Å². The van der Waals surface area contributed by atoms with Crippen molar-refractivity contribution in [3.8, 4) is 0 Å². The van der Waals surface area contributed by atoms with Crippen LogP contribution < -0.4 is 0 Å². The molecule has 9 aliphatic rings. The number of rotatable bonds is 5. The van der Waals surface area contributed by atoms with Crippen molar-refractivity contribution in [2.24, 2.45) is 16.2 Å². The van der Waals surface area contributed by atoms with Gasteiger partial charge in [0.15, 0.2) is 0 Å².